The quantitative estimate of drug-likeness (QED) is 0.877. The van der Waals surface area contributed by atoms with Crippen LogP contribution in [0.5, 0.6) is 0 Å². The second-order valence-corrected chi connectivity index (χ2v) is 6.89. The Hall–Kier alpha value is -1.14. The van der Waals surface area contributed by atoms with Gasteiger partial charge in [0.25, 0.3) is 0 Å². The summed E-state index contributed by atoms with van der Waals surface area (Å²) in [4.78, 5) is 4.30. The monoisotopic (exact) mass is 341 g/mol. The van der Waals surface area contributed by atoms with Gasteiger partial charge in [-0.2, -0.15) is 0 Å². The molecule has 2 aromatic rings. The van der Waals surface area contributed by atoms with Gasteiger partial charge in [0.2, 0.25) is 0 Å². The Kier molecular flexibility index (Phi) is 4.76. The first-order valence-electron chi connectivity index (χ1n) is 6.04. The fraction of sp³-hybridized carbons (Fsp3) is 0.308. The summed E-state index contributed by atoms with van der Waals surface area (Å²) in [6, 6.07) is 5.87. The van der Waals surface area contributed by atoms with Gasteiger partial charge in [0.1, 0.15) is 0 Å². The third-order valence-electron chi connectivity index (χ3n) is 2.81. The van der Waals surface area contributed by atoms with Crippen LogP contribution in [0.15, 0.2) is 28.9 Å². The Bertz CT molecular complexity index is 613. The number of nitrogen functional groups attached to an aromatic ring is 1. The Morgan fingerprint density at radius 2 is 2.26 bits per heavy atom. The molecule has 2 rings (SSSR count). The van der Waals surface area contributed by atoms with Crippen LogP contribution >= 0.6 is 15.9 Å². The van der Waals surface area contributed by atoms with Gasteiger partial charge in [0, 0.05) is 38.7 Å². The molecule has 0 aliphatic heterocycles. The summed E-state index contributed by atoms with van der Waals surface area (Å²) in [6.45, 7) is 2.56. The van der Waals surface area contributed by atoms with E-state index in [4.69, 9.17) is 5.73 Å². The Morgan fingerprint density at radius 3 is 3.00 bits per heavy atom. The fourth-order valence-electron chi connectivity index (χ4n) is 1.81. The molecule has 102 valence electrons. The summed E-state index contributed by atoms with van der Waals surface area (Å²) in [5, 5.41) is 4.24. The van der Waals surface area contributed by atoms with Crippen LogP contribution in [-0.4, -0.2) is 27.2 Å². The minimum Gasteiger partial charge on any atom is -0.396 e. The van der Waals surface area contributed by atoms with E-state index in [1.165, 1.54) is 0 Å². The van der Waals surface area contributed by atoms with Crippen LogP contribution in [0, 0.1) is 0 Å². The molecule has 0 saturated carbocycles. The molecule has 1 atom stereocenters. The van der Waals surface area contributed by atoms with Crippen LogP contribution < -0.4 is 11.1 Å². The van der Waals surface area contributed by atoms with Crippen molar-refractivity contribution < 1.29 is 4.21 Å². The van der Waals surface area contributed by atoms with E-state index in [-0.39, 0.29) is 0 Å². The number of nitrogens with two attached hydrogens (primary N) is 1. The number of rotatable bonds is 5. The topological polar surface area (TPSA) is 68.0 Å². The van der Waals surface area contributed by atoms with Crippen LogP contribution in [0.25, 0.3) is 10.9 Å². The maximum absolute atomic E-state index is 11.4. The zero-order valence-corrected chi connectivity index (χ0v) is 13.1. The van der Waals surface area contributed by atoms with Crippen molar-refractivity contribution in [3.8, 4) is 0 Å². The number of nitrogens with zero attached hydrogens (tertiary/aromatic N) is 1. The van der Waals surface area contributed by atoms with Crippen molar-refractivity contribution in [1.29, 1.82) is 0 Å². The number of nitrogens with one attached hydrogen (secondary N) is 1. The van der Waals surface area contributed by atoms with Gasteiger partial charge < -0.3 is 11.1 Å². The van der Waals surface area contributed by atoms with Crippen molar-refractivity contribution in [3.05, 3.63) is 28.9 Å². The average molecular weight is 342 g/mol. The van der Waals surface area contributed by atoms with Crippen molar-refractivity contribution in [1.82, 2.24) is 4.98 Å². The van der Waals surface area contributed by atoms with E-state index < -0.39 is 10.8 Å². The molecule has 0 radical (unpaired) electrons. The van der Waals surface area contributed by atoms with Gasteiger partial charge in [-0.15, -0.1) is 0 Å². The van der Waals surface area contributed by atoms with Crippen LogP contribution in [-0.2, 0) is 10.8 Å². The predicted molar refractivity (Wildman–Crippen MR) is 85.9 cm³/mol. The molecule has 19 heavy (non-hydrogen) atoms. The molecule has 0 fully saturated rings. The molecule has 1 heterocycles. The molecule has 4 nitrogen and oxygen atoms in total. The maximum atomic E-state index is 11.4. The lowest BCUT2D eigenvalue weighted by Crippen LogP contribution is -2.13. The van der Waals surface area contributed by atoms with Gasteiger partial charge in [-0.1, -0.05) is 22.9 Å². The van der Waals surface area contributed by atoms with E-state index >= 15 is 0 Å². The van der Waals surface area contributed by atoms with Crippen molar-refractivity contribution in [2.45, 2.75) is 6.92 Å². The Morgan fingerprint density at radius 1 is 1.47 bits per heavy atom. The molecule has 1 aromatic heterocycles. The van der Waals surface area contributed by atoms with Crippen LogP contribution in [0.3, 0.4) is 0 Å². The second-order valence-electron chi connectivity index (χ2n) is 4.11. The second kappa shape index (κ2) is 6.34. The van der Waals surface area contributed by atoms with Gasteiger partial charge in [-0.25, -0.2) is 0 Å². The number of pyridine rings is 1. The highest BCUT2D eigenvalue weighted by molar-refractivity contribution is 9.10. The van der Waals surface area contributed by atoms with Gasteiger partial charge >= 0.3 is 0 Å². The van der Waals surface area contributed by atoms with Crippen molar-refractivity contribution in [3.63, 3.8) is 0 Å². The zero-order valence-electron chi connectivity index (χ0n) is 10.6. The summed E-state index contributed by atoms with van der Waals surface area (Å²) < 4.78 is 12.4. The zero-order chi connectivity index (χ0) is 13.8. The molecule has 1 unspecified atom stereocenters. The lowest BCUT2D eigenvalue weighted by atomic mass is 10.1. The minimum atomic E-state index is -0.774. The molecule has 0 amide bonds. The van der Waals surface area contributed by atoms with E-state index in [1.54, 1.807) is 6.20 Å². The van der Waals surface area contributed by atoms with E-state index in [0.29, 0.717) is 23.7 Å². The molecule has 0 saturated heterocycles. The summed E-state index contributed by atoms with van der Waals surface area (Å²) in [6.07, 6.45) is 1.65. The van der Waals surface area contributed by atoms with Gasteiger partial charge in [0.05, 0.1) is 23.1 Å². The number of fused-ring (bicyclic) bond motifs is 1. The lowest BCUT2D eigenvalue weighted by Gasteiger charge is -2.12. The first kappa shape index (κ1) is 14.3. The van der Waals surface area contributed by atoms with E-state index in [1.807, 2.05) is 25.1 Å². The maximum Gasteiger partial charge on any atom is 0.0743 e. The smallest absolute Gasteiger partial charge is 0.0743 e. The van der Waals surface area contributed by atoms with Crippen molar-refractivity contribution in [2.75, 3.05) is 29.1 Å². The molecule has 0 spiro atoms. The predicted octanol–water partition coefficient (Wildman–Crippen LogP) is 2.76. The van der Waals surface area contributed by atoms with Crippen molar-refractivity contribution >= 4 is 49.0 Å². The number of hydrogen-bond acceptors (Lipinski definition) is 4. The summed E-state index contributed by atoms with van der Waals surface area (Å²) >= 11 is 3.45. The number of hydrogen-bond donors (Lipinski definition) is 2. The van der Waals surface area contributed by atoms with E-state index in [0.717, 1.165) is 21.1 Å². The summed E-state index contributed by atoms with van der Waals surface area (Å²) in [5.74, 6) is 1.30. The van der Waals surface area contributed by atoms with Gasteiger partial charge in [-0.3, -0.25) is 9.19 Å². The van der Waals surface area contributed by atoms with Crippen LogP contribution in [0.1, 0.15) is 6.92 Å². The standard InChI is InChI=1S/C13H16BrN3OS/c1-2-19(18)6-5-16-13-10-7-9(14)3-4-12(10)17-8-11(13)15/h3-4,7-8H,2,5-6,15H2,1H3,(H,16,17). The first-order chi connectivity index (χ1) is 9.11. The molecule has 0 bridgehead atoms. The SMILES string of the molecule is CCS(=O)CCNc1c(N)cnc2ccc(Br)cc12. The molecule has 6 heteroatoms. The normalized spacial score (nSPS) is 12.5. The average Bonchev–Trinajstić information content (AvgIpc) is 2.41. The molecule has 0 aliphatic carbocycles. The number of aromatic nitrogens is 1. The third kappa shape index (κ3) is 3.45. The molecular formula is C13H16BrN3OS. The first-order valence-corrected chi connectivity index (χ1v) is 8.32. The lowest BCUT2D eigenvalue weighted by molar-refractivity contribution is 0.684. The summed E-state index contributed by atoms with van der Waals surface area (Å²) in [7, 11) is -0.774. The van der Waals surface area contributed by atoms with E-state index in [9.17, 15) is 4.21 Å². The Labute approximate surface area is 123 Å². The largest absolute Gasteiger partial charge is 0.396 e. The summed E-state index contributed by atoms with van der Waals surface area (Å²) in [5.41, 5.74) is 8.32. The number of benzene rings is 1. The van der Waals surface area contributed by atoms with E-state index in [2.05, 4.69) is 26.2 Å². The highest BCUT2D eigenvalue weighted by atomic mass is 79.9. The number of halogens is 1. The fourth-order valence-corrected chi connectivity index (χ4v) is 2.79. The highest BCUT2D eigenvalue weighted by Gasteiger charge is 2.07. The highest BCUT2D eigenvalue weighted by Crippen LogP contribution is 2.29. The third-order valence-corrected chi connectivity index (χ3v) is 4.61. The van der Waals surface area contributed by atoms with Gasteiger partial charge in [-0.05, 0) is 18.2 Å². The number of anilines is 2. The molecular weight excluding hydrogens is 326 g/mol. The molecule has 3 N–H and O–H groups in total. The molecule has 0 aliphatic rings. The van der Waals surface area contributed by atoms with Crippen LogP contribution in [0.4, 0.5) is 11.4 Å². The Balaban J connectivity index is 2.27. The van der Waals surface area contributed by atoms with Crippen LogP contribution in [0.2, 0.25) is 0 Å². The van der Waals surface area contributed by atoms with Gasteiger partial charge in [0.15, 0.2) is 0 Å². The molecule has 1 aromatic carbocycles. The minimum absolute atomic E-state index is 0.605. The van der Waals surface area contributed by atoms with Crippen molar-refractivity contribution in [2.24, 2.45) is 0 Å².